The average molecular weight is 653 g/mol. The number of amides is 2. The lowest BCUT2D eigenvalue weighted by atomic mass is 9.33. The Morgan fingerprint density at radius 3 is 2.19 bits per heavy atom. The highest BCUT2D eigenvalue weighted by molar-refractivity contribution is 6.02. The van der Waals surface area contributed by atoms with Crippen LogP contribution in [0.5, 0.6) is 0 Å². The van der Waals surface area contributed by atoms with Crippen LogP contribution in [0.3, 0.4) is 0 Å². The molecule has 3 N–H and O–H groups in total. The molecule has 0 radical (unpaired) electrons. The Balaban J connectivity index is 1.28. The Hall–Kier alpha value is -2.38. The zero-order valence-electron chi connectivity index (χ0n) is 30.4. The highest BCUT2D eigenvalue weighted by Crippen LogP contribution is 2.76. The van der Waals surface area contributed by atoms with Gasteiger partial charge in [0.2, 0.25) is 0 Å². The lowest BCUT2D eigenvalue weighted by Crippen LogP contribution is -2.67. The largest absolute Gasteiger partial charge is 0.481 e. The van der Waals surface area contributed by atoms with Gasteiger partial charge >= 0.3 is 18.0 Å². The first-order valence-corrected chi connectivity index (χ1v) is 18.5. The van der Waals surface area contributed by atoms with Crippen molar-refractivity contribution in [2.75, 3.05) is 0 Å². The van der Waals surface area contributed by atoms with Crippen molar-refractivity contribution in [2.45, 2.75) is 157 Å². The monoisotopic (exact) mass is 652 g/mol. The lowest BCUT2D eigenvalue weighted by molar-refractivity contribution is -0.232. The molecule has 8 heteroatoms. The standard InChI is InChI=1S/C39H60N2O6/c1-22(2)30-25(42)20-39(41-33(46)40-23-10-11-23)19-18-37(8)24(31(30)39)12-13-27-36(7)16-15-28(47-29(43)21-34(3,4)32(44)45)35(5,6)26(36)14-17-38(27,37)9/h22-24,26-28H,10-21H2,1-9H3,(H,44,45)(H2,40,41,46)/t24?,26?,27?,28-,36?,37+,38+,39+/m0/s1. The highest BCUT2D eigenvalue weighted by atomic mass is 16.5. The van der Waals surface area contributed by atoms with Crippen LogP contribution in [0.1, 0.15) is 139 Å². The average Bonchev–Trinajstić information content (AvgIpc) is 3.70. The molecular weight excluding hydrogens is 592 g/mol. The molecule has 262 valence electrons. The summed E-state index contributed by atoms with van der Waals surface area (Å²) in [6.45, 7) is 19.5. The zero-order valence-corrected chi connectivity index (χ0v) is 30.4. The number of esters is 1. The first-order chi connectivity index (χ1) is 21.7. The van der Waals surface area contributed by atoms with Crippen molar-refractivity contribution in [1.82, 2.24) is 10.6 Å². The molecular formula is C39H60N2O6. The molecule has 8 nitrogen and oxygen atoms in total. The van der Waals surface area contributed by atoms with Crippen molar-refractivity contribution in [1.29, 1.82) is 0 Å². The molecule has 5 saturated carbocycles. The van der Waals surface area contributed by atoms with Crippen molar-refractivity contribution >= 4 is 23.8 Å². The summed E-state index contributed by atoms with van der Waals surface area (Å²) in [5, 5.41) is 16.1. The maximum absolute atomic E-state index is 13.8. The number of rotatable bonds is 7. The molecule has 0 aromatic rings. The number of aliphatic carboxylic acids is 1. The zero-order chi connectivity index (χ0) is 34.5. The fraction of sp³-hybridized carbons (Fsp3) is 0.846. The Labute approximate surface area is 282 Å². The maximum Gasteiger partial charge on any atom is 0.315 e. The number of carboxylic acid groups (broad SMARTS) is 1. The summed E-state index contributed by atoms with van der Waals surface area (Å²) in [5.41, 5.74) is 0.394. The summed E-state index contributed by atoms with van der Waals surface area (Å²) in [6.07, 6.45) is 9.88. The van der Waals surface area contributed by atoms with E-state index in [4.69, 9.17) is 4.74 Å². The number of fused-ring (bicyclic) bond motifs is 7. The number of Topliss-reactive ketones (excluding diaryl/α,β-unsaturated/α-hetero) is 1. The van der Waals surface area contributed by atoms with Gasteiger partial charge in [0, 0.05) is 17.9 Å². The Morgan fingerprint density at radius 2 is 1.57 bits per heavy atom. The summed E-state index contributed by atoms with van der Waals surface area (Å²) in [4.78, 5) is 51.7. The summed E-state index contributed by atoms with van der Waals surface area (Å²) in [5.74, 6) is 0.0563. The van der Waals surface area contributed by atoms with Gasteiger partial charge in [-0.25, -0.2) is 4.79 Å². The van der Waals surface area contributed by atoms with Crippen LogP contribution in [0, 0.1) is 50.7 Å². The number of urea groups is 1. The fourth-order valence-electron chi connectivity index (χ4n) is 12.2. The normalized spacial score (nSPS) is 40.9. The van der Waals surface area contributed by atoms with E-state index in [1.807, 2.05) is 0 Å². The number of allylic oxidation sites excluding steroid dienone is 1. The van der Waals surface area contributed by atoms with Crippen LogP contribution in [0.25, 0.3) is 0 Å². The molecule has 0 saturated heterocycles. The first kappa shape index (κ1) is 34.5. The molecule has 0 aromatic heterocycles. The van der Waals surface area contributed by atoms with Gasteiger partial charge in [-0.05, 0) is 129 Å². The second-order valence-electron chi connectivity index (χ2n) is 18.9. The summed E-state index contributed by atoms with van der Waals surface area (Å²) >= 11 is 0. The van der Waals surface area contributed by atoms with Crippen LogP contribution < -0.4 is 10.6 Å². The van der Waals surface area contributed by atoms with Gasteiger partial charge in [-0.3, -0.25) is 14.4 Å². The van der Waals surface area contributed by atoms with E-state index in [0.29, 0.717) is 18.3 Å². The van der Waals surface area contributed by atoms with Crippen molar-refractivity contribution in [3.63, 3.8) is 0 Å². The SMILES string of the molecule is CC(C)C1=C2C3CCC4C5(C)CC[C@H](OC(=O)CC(C)(C)C(=O)O)C(C)(C)C5CC[C@@]4(C)[C@]3(C)CC[C@@]2(NC(=O)NC2CC2)CC1=O. The number of nitrogens with one attached hydrogen (secondary N) is 2. The number of carbonyl (C=O) groups excluding carboxylic acids is 3. The molecule has 47 heavy (non-hydrogen) atoms. The van der Waals surface area contributed by atoms with Crippen LogP contribution in [0.15, 0.2) is 11.1 Å². The molecule has 0 aliphatic heterocycles. The van der Waals surface area contributed by atoms with Crippen LogP contribution in [0.2, 0.25) is 0 Å². The Bertz CT molecular complexity index is 1390. The van der Waals surface area contributed by atoms with Crippen LogP contribution in [-0.4, -0.2) is 46.5 Å². The molecule has 4 unspecified atom stereocenters. The third kappa shape index (κ3) is 5.19. The first-order valence-electron chi connectivity index (χ1n) is 18.5. The number of hydrogen-bond donors (Lipinski definition) is 3. The lowest BCUT2D eigenvalue weighted by Gasteiger charge is -2.72. The van der Waals surface area contributed by atoms with Crippen LogP contribution in [0.4, 0.5) is 4.79 Å². The minimum Gasteiger partial charge on any atom is -0.481 e. The van der Waals surface area contributed by atoms with Crippen molar-refractivity contribution in [2.24, 2.45) is 50.7 Å². The van der Waals surface area contributed by atoms with Gasteiger partial charge in [0.25, 0.3) is 0 Å². The van der Waals surface area contributed by atoms with Gasteiger partial charge in [0.05, 0.1) is 17.4 Å². The number of carbonyl (C=O) groups is 4. The fourth-order valence-corrected chi connectivity index (χ4v) is 12.2. The molecule has 2 amide bonds. The van der Waals surface area contributed by atoms with Gasteiger partial charge in [0.1, 0.15) is 6.10 Å². The summed E-state index contributed by atoms with van der Waals surface area (Å²) in [7, 11) is 0. The van der Waals surface area contributed by atoms with Gasteiger partial charge < -0.3 is 20.5 Å². The number of ether oxygens (including phenoxy) is 1. The predicted molar refractivity (Wildman–Crippen MR) is 180 cm³/mol. The van der Waals surface area contributed by atoms with E-state index >= 15 is 0 Å². The van der Waals surface area contributed by atoms with E-state index in [2.05, 4.69) is 59.1 Å². The third-order valence-electron chi connectivity index (χ3n) is 15.1. The smallest absolute Gasteiger partial charge is 0.315 e. The van der Waals surface area contributed by atoms with E-state index in [1.165, 1.54) is 5.57 Å². The van der Waals surface area contributed by atoms with Crippen molar-refractivity contribution < 1.29 is 29.0 Å². The maximum atomic E-state index is 13.8. The Kier molecular flexibility index (Phi) is 8.12. The van der Waals surface area contributed by atoms with Gasteiger partial charge in [-0.15, -0.1) is 0 Å². The van der Waals surface area contributed by atoms with Crippen molar-refractivity contribution in [3.05, 3.63) is 11.1 Å². The quantitative estimate of drug-likeness (QED) is 0.244. The van der Waals surface area contributed by atoms with E-state index in [-0.39, 0.29) is 63.9 Å². The second kappa shape index (κ2) is 11.1. The second-order valence-corrected chi connectivity index (χ2v) is 18.9. The third-order valence-corrected chi connectivity index (χ3v) is 15.1. The highest BCUT2D eigenvalue weighted by Gasteiger charge is 2.70. The number of hydrogen-bond acceptors (Lipinski definition) is 5. The van der Waals surface area contributed by atoms with Crippen molar-refractivity contribution in [3.8, 4) is 0 Å². The van der Waals surface area contributed by atoms with Gasteiger partial charge in [-0.1, -0.05) is 48.5 Å². The molecule has 6 aliphatic rings. The van der Waals surface area contributed by atoms with Crippen LogP contribution in [-0.2, 0) is 19.1 Å². The molecule has 8 atom stereocenters. The molecule has 5 fully saturated rings. The van der Waals surface area contributed by atoms with Gasteiger partial charge in [0.15, 0.2) is 5.78 Å². The van der Waals surface area contributed by atoms with E-state index < -0.39 is 22.9 Å². The topological polar surface area (TPSA) is 122 Å². The molecule has 6 rings (SSSR count). The number of ketones is 1. The predicted octanol–water partition coefficient (Wildman–Crippen LogP) is 7.59. The summed E-state index contributed by atoms with van der Waals surface area (Å²) in [6, 6.07) is 0.143. The van der Waals surface area contributed by atoms with E-state index in [0.717, 1.165) is 69.8 Å². The minimum absolute atomic E-state index is 0.00197. The summed E-state index contributed by atoms with van der Waals surface area (Å²) < 4.78 is 6.14. The van der Waals surface area contributed by atoms with Crippen LogP contribution >= 0.6 is 0 Å². The molecule has 0 spiro atoms. The molecule has 6 aliphatic carbocycles. The molecule has 0 heterocycles. The minimum atomic E-state index is -1.16. The number of carboxylic acids is 1. The molecule has 0 bridgehead atoms. The van der Waals surface area contributed by atoms with E-state index in [9.17, 15) is 24.3 Å². The van der Waals surface area contributed by atoms with Gasteiger partial charge in [-0.2, -0.15) is 0 Å². The van der Waals surface area contributed by atoms with E-state index in [1.54, 1.807) is 13.8 Å². The molecule has 0 aromatic carbocycles. The Morgan fingerprint density at radius 1 is 0.894 bits per heavy atom.